The molecule has 1 aromatic rings. The minimum Gasteiger partial charge on any atom is -0.375 e. The van der Waals surface area contributed by atoms with E-state index in [0.717, 1.165) is 17.2 Å². The van der Waals surface area contributed by atoms with E-state index in [9.17, 15) is 4.79 Å². The summed E-state index contributed by atoms with van der Waals surface area (Å²) in [6.45, 7) is 1.70. The van der Waals surface area contributed by atoms with Gasteiger partial charge in [-0.25, -0.2) is 0 Å². The Balaban J connectivity index is 1.54. The molecule has 1 atom stereocenters. The van der Waals surface area contributed by atoms with Crippen molar-refractivity contribution < 1.29 is 9.53 Å². The highest BCUT2D eigenvalue weighted by atomic mass is 32.2. The molecule has 0 radical (unpaired) electrons. The Kier molecular flexibility index (Phi) is 5.51. The first-order chi connectivity index (χ1) is 8.86. The number of ether oxygens (including phenoxy) is 1. The monoisotopic (exact) mass is 266 g/mol. The number of hydrogen-bond acceptors (Lipinski definition) is 4. The maximum absolute atomic E-state index is 11.6. The number of benzene rings is 1. The lowest BCUT2D eigenvalue weighted by molar-refractivity contribution is -0.122. The Morgan fingerprint density at radius 1 is 1.44 bits per heavy atom. The third-order valence-electron chi connectivity index (χ3n) is 2.69. The fourth-order valence-corrected chi connectivity index (χ4v) is 2.64. The van der Waals surface area contributed by atoms with Gasteiger partial charge >= 0.3 is 0 Å². The van der Waals surface area contributed by atoms with Crippen LogP contribution in [-0.2, 0) is 16.1 Å². The predicted octanol–water partition coefficient (Wildman–Crippen LogP) is 0.982. The van der Waals surface area contributed by atoms with E-state index < -0.39 is 0 Å². The molecule has 98 valence electrons. The second-order valence-electron chi connectivity index (χ2n) is 4.10. The van der Waals surface area contributed by atoms with Gasteiger partial charge < -0.3 is 10.1 Å². The van der Waals surface area contributed by atoms with E-state index in [-0.39, 0.29) is 11.9 Å². The molecule has 0 spiro atoms. The summed E-state index contributed by atoms with van der Waals surface area (Å²) in [6, 6.07) is 9.98. The lowest BCUT2D eigenvalue weighted by atomic mass is 10.2. The van der Waals surface area contributed by atoms with Gasteiger partial charge in [0, 0.05) is 18.2 Å². The standard InChI is InChI=1S/C13H18N2O2S/c16-13(12-9-18-10-15-12)14-6-7-17-8-11-4-2-1-3-5-11/h1-5,12,15H,6-10H2,(H,14,16). The van der Waals surface area contributed by atoms with Crippen molar-refractivity contribution in [1.29, 1.82) is 0 Å². The van der Waals surface area contributed by atoms with Crippen molar-refractivity contribution in [2.75, 3.05) is 24.8 Å². The number of nitrogens with one attached hydrogen (secondary N) is 2. The van der Waals surface area contributed by atoms with Gasteiger partial charge in [0.05, 0.1) is 19.3 Å². The highest BCUT2D eigenvalue weighted by molar-refractivity contribution is 7.99. The fraction of sp³-hybridized carbons (Fsp3) is 0.462. The molecule has 0 saturated carbocycles. The molecule has 18 heavy (non-hydrogen) atoms. The summed E-state index contributed by atoms with van der Waals surface area (Å²) in [5, 5.41) is 6.00. The molecule has 2 N–H and O–H groups in total. The first-order valence-corrected chi connectivity index (χ1v) is 7.22. The number of carbonyl (C=O) groups excluding carboxylic acids is 1. The molecule has 1 aromatic carbocycles. The predicted molar refractivity (Wildman–Crippen MR) is 73.4 cm³/mol. The molecule has 1 fully saturated rings. The first-order valence-electron chi connectivity index (χ1n) is 6.07. The molecule has 1 saturated heterocycles. The molecule has 4 nitrogen and oxygen atoms in total. The average molecular weight is 266 g/mol. The molecule has 5 heteroatoms. The molecular formula is C13H18N2O2S. The second-order valence-corrected chi connectivity index (χ2v) is 5.13. The van der Waals surface area contributed by atoms with E-state index >= 15 is 0 Å². The van der Waals surface area contributed by atoms with Crippen molar-refractivity contribution in [3.05, 3.63) is 35.9 Å². The first kappa shape index (κ1) is 13.4. The number of amides is 1. The van der Waals surface area contributed by atoms with Gasteiger partial charge in [-0.3, -0.25) is 10.1 Å². The quantitative estimate of drug-likeness (QED) is 0.754. The van der Waals surface area contributed by atoms with Gasteiger partial charge in [-0.15, -0.1) is 11.8 Å². The van der Waals surface area contributed by atoms with Crippen LogP contribution in [0.4, 0.5) is 0 Å². The van der Waals surface area contributed by atoms with E-state index in [1.54, 1.807) is 11.8 Å². The van der Waals surface area contributed by atoms with Crippen molar-refractivity contribution in [2.24, 2.45) is 0 Å². The van der Waals surface area contributed by atoms with Gasteiger partial charge in [0.15, 0.2) is 0 Å². The molecule has 2 rings (SSSR count). The van der Waals surface area contributed by atoms with Crippen LogP contribution in [-0.4, -0.2) is 36.7 Å². The van der Waals surface area contributed by atoms with E-state index in [1.165, 1.54) is 0 Å². The van der Waals surface area contributed by atoms with E-state index in [4.69, 9.17) is 4.74 Å². The van der Waals surface area contributed by atoms with Crippen LogP contribution in [0.25, 0.3) is 0 Å². The fourth-order valence-electron chi connectivity index (χ4n) is 1.70. The Hall–Kier alpha value is -1.04. The maximum Gasteiger partial charge on any atom is 0.238 e. The largest absolute Gasteiger partial charge is 0.375 e. The van der Waals surface area contributed by atoms with Crippen LogP contribution in [0.15, 0.2) is 30.3 Å². The summed E-state index contributed by atoms with van der Waals surface area (Å²) in [6.07, 6.45) is 0. The molecule has 1 aliphatic heterocycles. The third-order valence-corrected chi connectivity index (χ3v) is 3.63. The smallest absolute Gasteiger partial charge is 0.238 e. The molecule has 0 aliphatic carbocycles. The Labute approximate surface area is 111 Å². The molecular weight excluding hydrogens is 248 g/mol. The summed E-state index contributed by atoms with van der Waals surface area (Å²) < 4.78 is 5.49. The molecule has 1 unspecified atom stereocenters. The number of carbonyl (C=O) groups is 1. The van der Waals surface area contributed by atoms with Crippen molar-refractivity contribution in [3.8, 4) is 0 Å². The lowest BCUT2D eigenvalue weighted by Crippen LogP contribution is -2.43. The van der Waals surface area contributed by atoms with Gasteiger partial charge in [-0.1, -0.05) is 30.3 Å². The maximum atomic E-state index is 11.6. The van der Waals surface area contributed by atoms with Crippen LogP contribution in [0, 0.1) is 0 Å². The Morgan fingerprint density at radius 3 is 3.00 bits per heavy atom. The molecule has 0 bridgehead atoms. The van der Waals surface area contributed by atoms with Crippen LogP contribution in [0.5, 0.6) is 0 Å². The van der Waals surface area contributed by atoms with Gasteiger partial charge in [0.2, 0.25) is 5.91 Å². The number of hydrogen-bond donors (Lipinski definition) is 2. The highest BCUT2D eigenvalue weighted by Gasteiger charge is 2.21. The SMILES string of the molecule is O=C(NCCOCc1ccccc1)C1CSCN1. The Bertz CT molecular complexity index is 367. The minimum atomic E-state index is -0.0378. The topological polar surface area (TPSA) is 50.4 Å². The molecule has 0 aromatic heterocycles. The van der Waals surface area contributed by atoms with Crippen molar-refractivity contribution in [3.63, 3.8) is 0 Å². The number of rotatable bonds is 6. The summed E-state index contributed by atoms with van der Waals surface area (Å²) >= 11 is 1.75. The molecule has 1 heterocycles. The highest BCUT2D eigenvalue weighted by Crippen LogP contribution is 2.09. The van der Waals surface area contributed by atoms with Crippen LogP contribution in [0.2, 0.25) is 0 Å². The number of thioether (sulfide) groups is 1. The van der Waals surface area contributed by atoms with Gasteiger partial charge in [-0.2, -0.15) is 0 Å². The average Bonchev–Trinajstić information content (AvgIpc) is 2.93. The molecule has 1 aliphatic rings. The zero-order valence-corrected chi connectivity index (χ0v) is 11.0. The van der Waals surface area contributed by atoms with E-state index in [2.05, 4.69) is 10.6 Å². The van der Waals surface area contributed by atoms with Crippen LogP contribution >= 0.6 is 11.8 Å². The Morgan fingerprint density at radius 2 is 2.28 bits per heavy atom. The van der Waals surface area contributed by atoms with Gasteiger partial charge in [0.25, 0.3) is 0 Å². The summed E-state index contributed by atoms with van der Waals surface area (Å²) in [4.78, 5) is 11.6. The van der Waals surface area contributed by atoms with Crippen molar-refractivity contribution >= 4 is 17.7 Å². The summed E-state index contributed by atoms with van der Waals surface area (Å²) in [5.41, 5.74) is 1.15. The van der Waals surface area contributed by atoms with Gasteiger partial charge in [0.1, 0.15) is 0 Å². The van der Waals surface area contributed by atoms with E-state index in [1.807, 2.05) is 30.3 Å². The normalized spacial score (nSPS) is 18.8. The van der Waals surface area contributed by atoms with Crippen LogP contribution in [0.1, 0.15) is 5.56 Å². The van der Waals surface area contributed by atoms with Crippen molar-refractivity contribution in [1.82, 2.24) is 10.6 Å². The minimum absolute atomic E-state index is 0.0378. The second kappa shape index (κ2) is 7.41. The lowest BCUT2D eigenvalue weighted by Gasteiger charge is -2.10. The summed E-state index contributed by atoms with van der Waals surface area (Å²) in [5.74, 6) is 1.79. The van der Waals surface area contributed by atoms with Crippen molar-refractivity contribution in [2.45, 2.75) is 12.6 Å². The summed E-state index contributed by atoms with van der Waals surface area (Å²) in [7, 11) is 0. The van der Waals surface area contributed by atoms with Gasteiger partial charge in [-0.05, 0) is 5.56 Å². The van der Waals surface area contributed by atoms with E-state index in [0.29, 0.717) is 19.8 Å². The van der Waals surface area contributed by atoms with Crippen LogP contribution < -0.4 is 10.6 Å². The van der Waals surface area contributed by atoms with Crippen LogP contribution in [0.3, 0.4) is 0 Å². The molecule has 1 amide bonds. The zero-order chi connectivity index (χ0) is 12.6. The third kappa shape index (κ3) is 4.33. The zero-order valence-electron chi connectivity index (χ0n) is 10.2.